The predicted molar refractivity (Wildman–Crippen MR) is 58.1 cm³/mol. The zero-order valence-corrected chi connectivity index (χ0v) is 11.1. The molecule has 0 heterocycles. The van der Waals surface area contributed by atoms with Crippen LogP contribution in [0.4, 0.5) is 0 Å². The van der Waals surface area contributed by atoms with E-state index in [-0.39, 0.29) is 5.79 Å². The second-order valence-electron chi connectivity index (χ2n) is 3.35. The first kappa shape index (κ1) is 12.1. The highest BCUT2D eigenvalue weighted by Crippen LogP contribution is 2.04. The molecule has 0 atom stereocenters. The number of nitrogens with one attached hydrogen (secondary N) is 2. The summed E-state index contributed by atoms with van der Waals surface area (Å²) in [6, 6.07) is 0. The highest BCUT2D eigenvalue weighted by Gasteiger charge is 2.23. The van der Waals surface area contributed by atoms with Gasteiger partial charge in [-0.3, -0.25) is 10.6 Å². The maximum Gasteiger partial charge on any atom is 0.115 e. The number of unbranched alkanes of at least 4 members (excludes halogenated alkanes) is 1. The summed E-state index contributed by atoms with van der Waals surface area (Å²) in [6.45, 7) is 5.59. The summed E-state index contributed by atoms with van der Waals surface area (Å²) in [7, 11) is 5.08. The van der Waals surface area contributed by atoms with Crippen LogP contribution in [0.1, 0.15) is 26.7 Å². The van der Waals surface area contributed by atoms with Crippen molar-refractivity contribution in [3.8, 4) is 0 Å². The third-order valence-electron chi connectivity index (χ3n) is 2.58. The maximum atomic E-state index is 3.29. The normalized spacial score (nSPS) is 12.8. The van der Waals surface area contributed by atoms with Crippen LogP contribution >= 0.6 is 0 Å². The van der Waals surface area contributed by atoms with Gasteiger partial charge in [0.25, 0.3) is 0 Å². The quantitative estimate of drug-likeness (QED) is 0.435. The van der Waals surface area contributed by atoms with E-state index in [2.05, 4.69) is 29.0 Å². The van der Waals surface area contributed by atoms with Gasteiger partial charge in [0, 0.05) is 0 Å². The van der Waals surface area contributed by atoms with Crippen LogP contribution in [-0.2, 0) is 0 Å². The Hall–Kier alpha value is 0.0969. The molecule has 2 N–H and O–H groups in total. The Kier molecular flexibility index (Phi) is 5.74. The Balaban J connectivity index is 3.93. The summed E-state index contributed by atoms with van der Waals surface area (Å²) in [5.74, 6) is -0.0125. The fourth-order valence-electron chi connectivity index (χ4n) is 1.13. The first-order valence-electron chi connectivity index (χ1n) is 4.69. The Labute approximate surface area is 79.4 Å². The average molecular weight is 189 g/mol. The third-order valence-corrected chi connectivity index (χ3v) is 3.93. The van der Waals surface area contributed by atoms with Crippen molar-refractivity contribution in [2.24, 2.45) is 0 Å². The molecule has 4 heteroatoms. The van der Waals surface area contributed by atoms with E-state index in [0.29, 0.717) is 0 Å². The summed E-state index contributed by atoms with van der Waals surface area (Å²) >= 11 is 0. The summed E-state index contributed by atoms with van der Waals surface area (Å²) in [5.41, 5.74) is 0. The van der Waals surface area contributed by atoms with Crippen molar-refractivity contribution in [3.05, 3.63) is 0 Å². The van der Waals surface area contributed by atoms with E-state index in [1.807, 2.05) is 14.1 Å². The smallest absolute Gasteiger partial charge is 0.115 e. The molecule has 0 unspecified atom stereocenters. The monoisotopic (exact) mass is 189 g/mol. The van der Waals surface area contributed by atoms with Gasteiger partial charge in [-0.05, 0) is 34.0 Å². The number of hydrogen-bond acceptors (Lipinski definition) is 3. The second kappa shape index (κ2) is 5.69. The van der Waals surface area contributed by atoms with Gasteiger partial charge < -0.3 is 4.57 Å². The van der Waals surface area contributed by atoms with E-state index in [1.54, 1.807) is 0 Å². The molecule has 0 aromatic carbocycles. The van der Waals surface area contributed by atoms with Crippen molar-refractivity contribution in [2.75, 3.05) is 20.6 Å². The lowest BCUT2D eigenvalue weighted by Crippen LogP contribution is -2.63. The van der Waals surface area contributed by atoms with Crippen molar-refractivity contribution < 1.29 is 0 Å². The standard InChI is InChI=1S/C8H23N3Si/c1-5-6-7-11(12)8(2,9-3)10-4/h9-10H,5-7H2,1-4,12H3. The van der Waals surface area contributed by atoms with Crippen LogP contribution in [0.25, 0.3) is 0 Å². The van der Waals surface area contributed by atoms with Crippen LogP contribution in [0.15, 0.2) is 0 Å². The number of nitrogens with zero attached hydrogens (tertiary/aromatic N) is 1. The summed E-state index contributed by atoms with van der Waals surface area (Å²) in [4.78, 5) is 0. The fraction of sp³-hybridized carbons (Fsp3) is 1.00. The molecule has 0 aliphatic carbocycles. The van der Waals surface area contributed by atoms with Crippen molar-refractivity contribution in [2.45, 2.75) is 32.5 Å². The van der Waals surface area contributed by atoms with E-state index >= 15 is 0 Å². The van der Waals surface area contributed by atoms with Crippen LogP contribution in [0.3, 0.4) is 0 Å². The first-order chi connectivity index (χ1) is 5.60. The van der Waals surface area contributed by atoms with Gasteiger partial charge in [-0.15, -0.1) is 0 Å². The zero-order chi connectivity index (χ0) is 9.61. The lowest BCUT2D eigenvalue weighted by molar-refractivity contribution is 0.139. The van der Waals surface area contributed by atoms with E-state index in [9.17, 15) is 0 Å². The van der Waals surface area contributed by atoms with Gasteiger partial charge in [0.2, 0.25) is 0 Å². The van der Waals surface area contributed by atoms with Gasteiger partial charge in [0.05, 0.1) is 10.4 Å². The van der Waals surface area contributed by atoms with Gasteiger partial charge in [-0.2, -0.15) is 0 Å². The van der Waals surface area contributed by atoms with E-state index in [4.69, 9.17) is 0 Å². The molecule has 3 nitrogen and oxygen atoms in total. The molecule has 74 valence electrons. The average Bonchev–Trinajstić information content (AvgIpc) is 2.12. The van der Waals surface area contributed by atoms with Gasteiger partial charge in [0.15, 0.2) is 0 Å². The molecular weight excluding hydrogens is 166 g/mol. The van der Waals surface area contributed by atoms with Crippen LogP contribution in [0.2, 0.25) is 0 Å². The highest BCUT2D eigenvalue weighted by molar-refractivity contribution is 6.04. The molecular formula is C8H23N3Si. The fourth-order valence-corrected chi connectivity index (χ4v) is 1.89. The largest absolute Gasteiger partial charge is 0.304 e. The van der Waals surface area contributed by atoms with Crippen LogP contribution in [0, 0.1) is 0 Å². The minimum atomic E-state index is -0.0125. The summed E-state index contributed by atoms with van der Waals surface area (Å²) in [6.07, 6.45) is 2.55. The van der Waals surface area contributed by atoms with E-state index in [0.717, 1.165) is 10.4 Å². The molecule has 12 heavy (non-hydrogen) atoms. The lowest BCUT2D eigenvalue weighted by Gasteiger charge is -2.38. The minimum absolute atomic E-state index is 0.0125. The molecule has 0 fully saturated rings. The van der Waals surface area contributed by atoms with Crippen molar-refractivity contribution in [3.63, 3.8) is 0 Å². The topological polar surface area (TPSA) is 27.3 Å². The molecule has 0 radical (unpaired) electrons. The molecule has 0 saturated carbocycles. The Morgan fingerprint density at radius 1 is 1.33 bits per heavy atom. The molecule has 0 aromatic heterocycles. The van der Waals surface area contributed by atoms with Gasteiger partial charge in [-0.1, -0.05) is 13.3 Å². The molecule has 0 aliphatic heterocycles. The zero-order valence-electron chi connectivity index (χ0n) is 9.07. The molecule has 0 aliphatic rings. The molecule has 0 amide bonds. The van der Waals surface area contributed by atoms with Crippen LogP contribution in [0.5, 0.6) is 0 Å². The minimum Gasteiger partial charge on any atom is -0.304 e. The van der Waals surface area contributed by atoms with Gasteiger partial charge in [0.1, 0.15) is 5.79 Å². The van der Waals surface area contributed by atoms with Crippen molar-refractivity contribution in [1.29, 1.82) is 0 Å². The van der Waals surface area contributed by atoms with E-state index in [1.165, 1.54) is 19.4 Å². The molecule has 0 spiro atoms. The predicted octanol–water partition coefficient (Wildman–Crippen LogP) is -0.519. The van der Waals surface area contributed by atoms with Crippen LogP contribution in [-0.4, -0.2) is 41.4 Å². The summed E-state index contributed by atoms with van der Waals surface area (Å²) < 4.78 is 2.43. The Morgan fingerprint density at radius 2 is 1.83 bits per heavy atom. The maximum absolute atomic E-state index is 3.29. The number of hydrogen-bond donors (Lipinski definition) is 2. The molecule has 0 saturated heterocycles. The van der Waals surface area contributed by atoms with Crippen molar-refractivity contribution >= 4 is 10.4 Å². The van der Waals surface area contributed by atoms with Gasteiger partial charge in [-0.25, -0.2) is 0 Å². The Bertz CT molecular complexity index is 115. The SMILES string of the molecule is CCCCN([SiH3])C(C)(NC)NC. The molecule has 0 rings (SSSR count). The second-order valence-corrected chi connectivity index (χ2v) is 4.43. The molecule has 0 bridgehead atoms. The first-order valence-corrected chi connectivity index (χ1v) is 5.59. The van der Waals surface area contributed by atoms with Crippen molar-refractivity contribution in [1.82, 2.24) is 15.2 Å². The Morgan fingerprint density at radius 3 is 2.17 bits per heavy atom. The lowest BCUT2D eigenvalue weighted by atomic mass is 10.3. The summed E-state index contributed by atoms with van der Waals surface area (Å²) in [5, 5.41) is 6.57. The third kappa shape index (κ3) is 3.22. The van der Waals surface area contributed by atoms with E-state index < -0.39 is 0 Å². The number of rotatable bonds is 6. The highest BCUT2D eigenvalue weighted by atomic mass is 28.2. The van der Waals surface area contributed by atoms with Gasteiger partial charge >= 0.3 is 0 Å². The molecule has 0 aromatic rings. The van der Waals surface area contributed by atoms with Crippen LogP contribution < -0.4 is 10.6 Å².